The van der Waals surface area contributed by atoms with Gasteiger partial charge in [-0.25, -0.2) is 0 Å². The fraction of sp³-hybridized carbons (Fsp3) is 0.667. The molecule has 5 nitrogen and oxygen atoms in total. The number of hydrogen-bond donors (Lipinski definition) is 1. The van der Waals surface area contributed by atoms with Gasteiger partial charge in [-0.1, -0.05) is 31.2 Å². The maximum Gasteiger partial charge on any atom is 0.219 e. The summed E-state index contributed by atoms with van der Waals surface area (Å²) < 4.78 is 6.33. The zero-order valence-electron chi connectivity index (χ0n) is 16.2. The molecule has 26 heavy (non-hydrogen) atoms. The van der Waals surface area contributed by atoms with E-state index in [-0.39, 0.29) is 5.91 Å². The molecule has 2 atom stereocenters. The fourth-order valence-corrected chi connectivity index (χ4v) is 4.00. The number of hydrogen-bond acceptors (Lipinski definition) is 4. The Bertz CT molecular complexity index is 584. The van der Waals surface area contributed by atoms with E-state index in [2.05, 4.69) is 41.4 Å². The second kappa shape index (κ2) is 9.49. The highest BCUT2D eigenvalue weighted by molar-refractivity contribution is 5.73. The molecule has 1 N–H and O–H groups in total. The van der Waals surface area contributed by atoms with Gasteiger partial charge in [0.15, 0.2) is 0 Å². The van der Waals surface area contributed by atoms with Gasteiger partial charge in [0, 0.05) is 46.2 Å². The molecule has 0 spiro atoms. The first-order valence-corrected chi connectivity index (χ1v) is 10.1. The Labute approximate surface area is 157 Å². The van der Waals surface area contributed by atoms with E-state index in [1.54, 1.807) is 6.92 Å². The molecule has 3 rings (SSSR count). The van der Waals surface area contributed by atoms with Crippen LogP contribution in [0.2, 0.25) is 0 Å². The van der Waals surface area contributed by atoms with Gasteiger partial charge in [-0.3, -0.25) is 9.69 Å². The smallest absolute Gasteiger partial charge is 0.219 e. The molecule has 0 aliphatic carbocycles. The Balaban J connectivity index is 1.42. The molecule has 144 valence electrons. The molecular weight excluding hydrogens is 326 g/mol. The second-order valence-corrected chi connectivity index (χ2v) is 7.57. The van der Waals surface area contributed by atoms with Crippen molar-refractivity contribution in [2.75, 3.05) is 39.3 Å². The molecule has 2 aliphatic heterocycles. The topological polar surface area (TPSA) is 44.8 Å². The van der Waals surface area contributed by atoms with Crippen molar-refractivity contribution in [1.29, 1.82) is 0 Å². The SMILES string of the molecule is CCNCc1cccc(C[C@@H]2CC[C@H](CN3CCN(C(C)=O)CC3)O2)c1. The quantitative estimate of drug-likeness (QED) is 0.809. The van der Waals surface area contributed by atoms with Gasteiger partial charge in [-0.15, -0.1) is 0 Å². The molecule has 0 bridgehead atoms. The normalized spacial score (nSPS) is 24.2. The van der Waals surface area contributed by atoms with Gasteiger partial charge in [0.05, 0.1) is 12.2 Å². The van der Waals surface area contributed by atoms with E-state index in [0.29, 0.717) is 12.2 Å². The summed E-state index contributed by atoms with van der Waals surface area (Å²) in [4.78, 5) is 15.8. The predicted molar refractivity (Wildman–Crippen MR) is 104 cm³/mol. The number of ether oxygens (including phenoxy) is 1. The first-order valence-electron chi connectivity index (χ1n) is 10.1. The minimum absolute atomic E-state index is 0.193. The Kier molecular flexibility index (Phi) is 7.06. The molecule has 1 aromatic carbocycles. The van der Waals surface area contributed by atoms with Gasteiger partial charge in [-0.05, 0) is 36.9 Å². The molecule has 0 radical (unpaired) electrons. The van der Waals surface area contributed by atoms with Gasteiger partial charge in [-0.2, -0.15) is 0 Å². The van der Waals surface area contributed by atoms with Crippen molar-refractivity contribution in [3.8, 4) is 0 Å². The Morgan fingerprint density at radius 2 is 1.88 bits per heavy atom. The number of benzene rings is 1. The van der Waals surface area contributed by atoms with Crippen molar-refractivity contribution in [1.82, 2.24) is 15.1 Å². The number of carbonyl (C=O) groups excluding carboxylic acids is 1. The summed E-state index contributed by atoms with van der Waals surface area (Å²) in [5.41, 5.74) is 2.73. The number of amides is 1. The lowest BCUT2D eigenvalue weighted by atomic mass is 10.0. The fourth-order valence-electron chi connectivity index (χ4n) is 4.00. The molecule has 0 aromatic heterocycles. The molecule has 1 aromatic rings. The molecule has 0 saturated carbocycles. The van der Waals surface area contributed by atoms with E-state index >= 15 is 0 Å². The zero-order valence-corrected chi connectivity index (χ0v) is 16.2. The lowest BCUT2D eigenvalue weighted by molar-refractivity contribution is -0.130. The highest BCUT2D eigenvalue weighted by Crippen LogP contribution is 2.24. The van der Waals surface area contributed by atoms with Crippen LogP contribution in [0.15, 0.2) is 24.3 Å². The summed E-state index contributed by atoms with van der Waals surface area (Å²) in [5.74, 6) is 0.193. The molecular formula is C21H33N3O2. The van der Waals surface area contributed by atoms with Crippen LogP contribution in [0.25, 0.3) is 0 Å². The van der Waals surface area contributed by atoms with Crippen LogP contribution < -0.4 is 5.32 Å². The van der Waals surface area contributed by atoms with Crippen LogP contribution in [0.4, 0.5) is 0 Å². The molecule has 0 unspecified atom stereocenters. The second-order valence-electron chi connectivity index (χ2n) is 7.57. The van der Waals surface area contributed by atoms with Gasteiger partial charge in [0.2, 0.25) is 5.91 Å². The van der Waals surface area contributed by atoms with Crippen LogP contribution in [0.1, 0.15) is 37.8 Å². The Hall–Kier alpha value is -1.43. The van der Waals surface area contributed by atoms with Crippen LogP contribution in [0, 0.1) is 0 Å². The summed E-state index contributed by atoms with van der Waals surface area (Å²) in [5, 5.41) is 3.39. The number of rotatable bonds is 7. The summed E-state index contributed by atoms with van der Waals surface area (Å²) >= 11 is 0. The number of nitrogens with one attached hydrogen (secondary N) is 1. The summed E-state index contributed by atoms with van der Waals surface area (Å²) in [7, 11) is 0. The monoisotopic (exact) mass is 359 g/mol. The predicted octanol–water partition coefficient (Wildman–Crippen LogP) is 2.05. The van der Waals surface area contributed by atoms with E-state index in [0.717, 1.165) is 65.1 Å². The summed E-state index contributed by atoms with van der Waals surface area (Å²) in [6.45, 7) is 10.4. The lowest BCUT2D eigenvalue weighted by Gasteiger charge is -2.35. The van der Waals surface area contributed by atoms with Crippen molar-refractivity contribution in [2.45, 2.75) is 51.9 Å². The van der Waals surface area contributed by atoms with Crippen LogP contribution >= 0.6 is 0 Å². The van der Waals surface area contributed by atoms with Crippen LogP contribution in [-0.4, -0.2) is 67.2 Å². The summed E-state index contributed by atoms with van der Waals surface area (Å²) in [6, 6.07) is 8.86. The van der Waals surface area contributed by atoms with E-state index in [4.69, 9.17) is 4.74 Å². The van der Waals surface area contributed by atoms with E-state index < -0.39 is 0 Å². The van der Waals surface area contributed by atoms with E-state index in [1.807, 2.05) is 4.90 Å². The minimum atomic E-state index is 0.193. The zero-order chi connectivity index (χ0) is 18.4. The van der Waals surface area contributed by atoms with Gasteiger partial charge < -0.3 is 15.0 Å². The molecule has 2 heterocycles. The van der Waals surface area contributed by atoms with E-state index in [9.17, 15) is 4.79 Å². The summed E-state index contributed by atoms with van der Waals surface area (Å²) in [6.07, 6.45) is 3.99. The van der Waals surface area contributed by atoms with Crippen LogP contribution in [-0.2, 0) is 22.5 Å². The average molecular weight is 360 g/mol. The number of piperazine rings is 1. The largest absolute Gasteiger partial charge is 0.373 e. The lowest BCUT2D eigenvalue weighted by Crippen LogP contribution is -2.49. The van der Waals surface area contributed by atoms with Gasteiger partial charge >= 0.3 is 0 Å². The van der Waals surface area contributed by atoms with Crippen molar-refractivity contribution in [3.63, 3.8) is 0 Å². The van der Waals surface area contributed by atoms with Crippen LogP contribution in [0.3, 0.4) is 0 Å². The Morgan fingerprint density at radius 1 is 1.15 bits per heavy atom. The molecule has 2 aliphatic rings. The standard InChI is InChI=1S/C21H33N3O2/c1-3-22-15-19-6-4-5-18(13-19)14-20-7-8-21(26-20)16-23-9-11-24(12-10-23)17(2)25/h4-6,13,20-22H,3,7-12,14-16H2,1-2H3/t20-,21+/m0/s1. The van der Waals surface area contributed by atoms with Gasteiger partial charge in [0.25, 0.3) is 0 Å². The van der Waals surface area contributed by atoms with Crippen LogP contribution in [0.5, 0.6) is 0 Å². The minimum Gasteiger partial charge on any atom is -0.373 e. The first kappa shape index (κ1) is 19.3. The maximum atomic E-state index is 11.4. The molecule has 1 amide bonds. The van der Waals surface area contributed by atoms with Crippen molar-refractivity contribution in [3.05, 3.63) is 35.4 Å². The third-order valence-electron chi connectivity index (χ3n) is 5.51. The Morgan fingerprint density at radius 3 is 2.62 bits per heavy atom. The van der Waals surface area contributed by atoms with E-state index in [1.165, 1.54) is 11.1 Å². The first-order chi connectivity index (χ1) is 12.6. The maximum absolute atomic E-state index is 11.4. The number of nitrogens with zero attached hydrogens (tertiary/aromatic N) is 2. The third kappa shape index (κ3) is 5.53. The molecule has 2 saturated heterocycles. The average Bonchev–Trinajstić information content (AvgIpc) is 3.07. The molecule has 5 heteroatoms. The highest BCUT2D eigenvalue weighted by Gasteiger charge is 2.28. The third-order valence-corrected chi connectivity index (χ3v) is 5.51. The van der Waals surface area contributed by atoms with Gasteiger partial charge in [0.1, 0.15) is 0 Å². The highest BCUT2D eigenvalue weighted by atomic mass is 16.5. The number of carbonyl (C=O) groups is 1. The molecule has 2 fully saturated rings. The van der Waals surface area contributed by atoms with Crippen molar-refractivity contribution < 1.29 is 9.53 Å². The van der Waals surface area contributed by atoms with Crippen molar-refractivity contribution in [2.24, 2.45) is 0 Å². The van der Waals surface area contributed by atoms with Crippen molar-refractivity contribution >= 4 is 5.91 Å².